The number of morpholine rings is 1. The smallest absolute Gasteiger partial charge is 0.182 e. The molecule has 2 N–H and O–H groups in total. The summed E-state index contributed by atoms with van der Waals surface area (Å²) in [5, 5.41) is 3.54. The highest BCUT2D eigenvalue weighted by molar-refractivity contribution is 7.99. The van der Waals surface area contributed by atoms with Crippen LogP contribution in [0.3, 0.4) is 0 Å². The molecule has 2 aliphatic heterocycles. The fraction of sp³-hybridized carbons (Fsp3) is 0.643. The maximum Gasteiger partial charge on any atom is 0.182 e. The Kier molecular flexibility index (Phi) is 3.89. The highest BCUT2D eigenvalue weighted by Crippen LogP contribution is 2.34. The van der Waals surface area contributed by atoms with Crippen LogP contribution in [0.15, 0.2) is 12.7 Å². The van der Waals surface area contributed by atoms with Crippen LogP contribution in [0.2, 0.25) is 0 Å². The van der Waals surface area contributed by atoms with Gasteiger partial charge in [0.15, 0.2) is 11.5 Å². The van der Waals surface area contributed by atoms with Crippen molar-refractivity contribution in [2.75, 3.05) is 49.7 Å². The lowest BCUT2D eigenvalue weighted by Crippen LogP contribution is -2.57. The molecule has 0 radical (unpaired) electrons. The van der Waals surface area contributed by atoms with E-state index in [-0.39, 0.29) is 5.54 Å². The molecule has 2 aliphatic rings. The van der Waals surface area contributed by atoms with Gasteiger partial charge in [-0.05, 0) is 12.2 Å². The first-order valence-electron chi connectivity index (χ1n) is 7.66. The van der Waals surface area contributed by atoms with Crippen LogP contribution < -0.4 is 5.32 Å². The molecule has 0 aliphatic carbocycles. The average Bonchev–Trinajstić information content (AvgIpc) is 3.24. The van der Waals surface area contributed by atoms with Crippen LogP contribution in [-0.4, -0.2) is 74.7 Å². The fourth-order valence-electron chi connectivity index (χ4n) is 3.28. The van der Waals surface area contributed by atoms with Gasteiger partial charge in [-0.25, -0.2) is 15.0 Å². The number of ether oxygens (including phenoxy) is 1. The van der Waals surface area contributed by atoms with E-state index in [0.29, 0.717) is 5.65 Å². The van der Waals surface area contributed by atoms with E-state index in [4.69, 9.17) is 4.74 Å². The van der Waals surface area contributed by atoms with Crippen molar-refractivity contribution in [3.63, 3.8) is 0 Å². The minimum Gasteiger partial charge on any atom is -0.379 e. The number of aromatic amines is 1. The van der Waals surface area contributed by atoms with Crippen LogP contribution in [0.4, 0.5) is 5.82 Å². The molecule has 22 heavy (non-hydrogen) atoms. The van der Waals surface area contributed by atoms with Crippen LogP contribution in [-0.2, 0) is 4.74 Å². The number of imidazole rings is 1. The van der Waals surface area contributed by atoms with Crippen LogP contribution in [0.25, 0.3) is 11.2 Å². The summed E-state index contributed by atoms with van der Waals surface area (Å²) in [5.41, 5.74) is 1.79. The molecule has 7 nitrogen and oxygen atoms in total. The summed E-state index contributed by atoms with van der Waals surface area (Å²) >= 11 is 2.04. The highest BCUT2D eigenvalue weighted by atomic mass is 32.2. The minimum absolute atomic E-state index is 0.200. The van der Waals surface area contributed by atoms with E-state index in [2.05, 4.69) is 30.2 Å². The molecule has 0 saturated carbocycles. The number of nitrogens with one attached hydrogen (secondary N) is 2. The number of thioether (sulfide) groups is 1. The highest BCUT2D eigenvalue weighted by Gasteiger charge is 2.40. The molecule has 4 heterocycles. The third kappa shape index (κ3) is 2.55. The number of hydrogen-bond acceptors (Lipinski definition) is 7. The zero-order valence-electron chi connectivity index (χ0n) is 12.4. The molecule has 0 unspecified atom stereocenters. The van der Waals surface area contributed by atoms with Gasteiger partial charge in [-0.3, -0.25) is 4.90 Å². The number of hydrogen-bond donors (Lipinski definition) is 2. The van der Waals surface area contributed by atoms with E-state index in [0.717, 1.165) is 49.9 Å². The first kappa shape index (κ1) is 14.2. The normalized spacial score (nSPS) is 26.5. The van der Waals surface area contributed by atoms with E-state index < -0.39 is 0 Å². The van der Waals surface area contributed by atoms with Crippen molar-refractivity contribution < 1.29 is 4.74 Å². The lowest BCUT2D eigenvalue weighted by atomic mass is 9.95. The molecular weight excluding hydrogens is 300 g/mol. The van der Waals surface area contributed by atoms with Gasteiger partial charge in [0.25, 0.3) is 0 Å². The molecule has 4 rings (SSSR count). The Morgan fingerprint density at radius 1 is 1.32 bits per heavy atom. The van der Waals surface area contributed by atoms with Crippen molar-refractivity contribution in [1.29, 1.82) is 0 Å². The summed E-state index contributed by atoms with van der Waals surface area (Å²) in [6, 6.07) is 0. The first-order valence-corrected chi connectivity index (χ1v) is 8.81. The molecule has 2 fully saturated rings. The Morgan fingerprint density at radius 3 is 3.05 bits per heavy atom. The van der Waals surface area contributed by atoms with Gasteiger partial charge < -0.3 is 15.0 Å². The second-order valence-corrected chi connectivity index (χ2v) is 6.91. The van der Waals surface area contributed by atoms with E-state index >= 15 is 0 Å². The average molecular weight is 320 g/mol. The second kappa shape index (κ2) is 6.02. The third-order valence-corrected chi connectivity index (χ3v) is 5.81. The summed E-state index contributed by atoms with van der Waals surface area (Å²) in [4.78, 5) is 18.4. The van der Waals surface area contributed by atoms with Crippen molar-refractivity contribution in [3.8, 4) is 0 Å². The van der Waals surface area contributed by atoms with Gasteiger partial charge in [0.05, 0.1) is 19.5 Å². The number of H-pyrrole nitrogens is 1. The van der Waals surface area contributed by atoms with Crippen LogP contribution in [0.5, 0.6) is 0 Å². The van der Waals surface area contributed by atoms with Crippen molar-refractivity contribution in [3.05, 3.63) is 12.7 Å². The van der Waals surface area contributed by atoms with Gasteiger partial charge in [-0.2, -0.15) is 11.8 Å². The number of aromatic nitrogens is 4. The second-order valence-electron chi connectivity index (χ2n) is 5.80. The molecular formula is C14H20N6OS. The summed E-state index contributed by atoms with van der Waals surface area (Å²) in [5.74, 6) is 3.23. The lowest BCUT2D eigenvalue weighted by molar-refractivity contribution is -0.00922. The quantitative estimate of drug-likeness (QED) is 0.869. The summed E-state index contributed by atoms with van der Waals surface area (Å²) in [7, 11) is 0. The van der Waals surface area contributed by atoms with Gasteiger partial charge in [0.1, 0.15) is 11.8 Å². The Bertz CT molecular complexity index is 635. The predicted molar refractivity (Wildman–Crippen MR) is 87.2 cm³/mol. The van der Waals surface area contributed by atoms with Gasteiger partial charge in [-0.15, -0.1) is 0 Å². The van der Waals surface area contributed by atoms with Crippen molar-refractivity contribution in [1.82, 2.24) is 24.8 Å². The van der Waals surface area contributed by atoms with Crippen LogP contribution in [0, 0.1) is 0 Å². The van der Waals surface area contributed by atoms with Crippen molar-refractivity contribution in [2.45, 2.75) is 12.0 Å². The molecule has 0 bridgehead atoms. The van der Waals surface area contributed by atoms with Crippen molar-refractivity contribution in [2.24, 2.45) is 0 Å². The Hall–Kier alpha value is -1.38. The molecule has 0 amide bonds. The van der Waals surface area contributed by atoms with Crippen LogP contribution in [0.1, 0.15) is 6.42 Å². The molecule has 2 aromatic heterocycles. The molecule has 118 valence electrons. The van der Waals surface area contributed by atoms with Gasteiger partial charge in [0.2, 0.25) is 0 Å². The lowest BCUT2D eigenvalue weighted by Gasteiger charge is -2.43. The van der Waals surface area contributed by atoms with Gasteiger partial charge >= 0.3 is 0 Å². The molecule has 2 saturated heterocycles. The third-order valence-electron chi connectivity index (χ3n) is 4.57. The maximum atomic E-state index is 5.51. The van der Waals surface area contributed by atoms with Gasteiger partial charge in [-0.1, -0.05) is 0 Å². The number of nitrogens with zero attached hydrogens (tertiary/aromatic N) is 4. The Labute approximate surface area is 133 Å². The Balaban J connectivity index is 1.53. The fourth-order valence-corrected chi connectivity index (χ4v) is 4.76. The largest absolute Gasteiger partial charge is 0.379 e. The maximum absolute atomic E-state index is 5.51. The molecule has 0 aromatic carbocycles. The number of anilines is 1. The minimum atomic E-state index is 0.200. The summed E-state index contributed by atoms with van der Waals surface area (Å²) in [6.45, 7) is 4.61. The Morgan fingerprint density at radius 2 is 2.23 bits per heavy atom. The zero-order chi connectivity index (χ0) is 14.8. The first-order chi connectivity index (χ1) is 10.9. The molecule has 0 spiro atoms. The van der Waals surface area contributed by atoms with Gasteiger partial charge in [0, 0.05) is 30.9 Å². The molecule has 2 aromatic rings. The molecule has 8 heteroatoms. The monoisotopic (exact) mass is 320 g/mol. The molecule has 1 atom stereocenters. The van der Waals surface area contributed by atoms with E-state index in [1.54, 1.807) is 12.7 Å². The summed E-state index contributed by atoms with van der Waals surface area (Å²) < 4.78 is 5.51. The zero-order valence-corrected chi connectivity index (χ0v) is 13.2. The SMILES string of the molecule is c1nc(NC[C@@]2(N3CCOCC3)CCSC2)c2[nH]cnc2n1. The van der Waals surface area contributed by atoms with E-state index in [1.165, 1.54) is 12.2 Å². The van der Waals surface area contributed by atoms with Crippen molar-refractivity contribution >= 4 is 28.7 Å². The predicted octanol–water partition coefficient (Wildman–Crippen LogP) is 0.973. The van der Waals surface area contributed by atoms with E-state index in [9.17, 15) is 0 Å². The number of fused-ring (bicyclic) bond motifs is 1. The van der Waals surface area contributed by atoms with E-state index in [1.807, 2.05) is 11.8 Å². The topological polar surface area (TPSA) is 79.0 Å². The number of rotatable bonds is 4. The summed E-state index contributed by atoms with van der Waals surface area (Å²) in [6.07, 6.45) is 4.44. The standard InChI is InChI=1S/C14H20N6OS/c1-6-22-8-14(1,20-2-4-21-5-3-20)7-15-12-11-13(17-9-16-11)19-10-18-12/h9-10H,1-8H2,(H2,15,16,17,18,19)/t14-/m0/s1. The van der Waals surface area contributed by atoms with Crippen LogP contribution >= 0.6 is 11.8 Å².